The van der Waals surface area contributed by atoms with E-state index in [1.165, 1.54) is 16.8 Å². The number of allylic oxidation sites excluding steroid dienone is 2. The molecule has 0 fully saturated rings. The molecule has 2 aliphatic rings. The van der Waals surface area contributed by atoms with Gasteiger partial charge >= 0.3 is 6.85 Å². The molecule has 0 amide bonds. The molecular weight excluding hydrogens is 181 g/mol. The molecule has 0 aromatic heterocycles. The number of rotatable bonds is 0. The van der Waals surface area contributed by atoms with Gasteiger partial charge in [0.2, 0.25) is 0 Å². The van der Waals surface area contributed by atoms with Crippen LogP contribution >= 0.6 is 0 Å². The fourth-order valence-electron chi connectivity index (χ4n) is 2.26. The number of fused-ring (bicyclic) bond motifs is 3. The van der Waals surface area contributed by atoms with Crippen molar-refractivity contribution in [1.29, 1.82) is 0 Å². The lowest BCUT2D eigenvalue weighted by atomic mass is 9.57. The van der Waals surface area contributed by atoms with Crippen molar-refractivity contribution in [2.24, 2.45) is 0 Å². The molecule has 0 bridgehead atoms. The van der Waals surface area contributed by atoms with Gasteiger partial charge in [-0.2, -0.15) is 0 Å². The maximum absolute atomic E-state index is 2.32. The molecule has 72 valence electrons. The van der Waals surface area contributed by atoms with Gasteiger partial charge in [0.1, 0.15) is 0 Å². The molecule has 3 rings (SSSR count). The number of aryl methyl sites for hydroxylation is 1. The molecule has 0 atom stereocenters. The summed E-state index contributed by atoms with van der Waals surface area (Å²) in [4.78, 5) is 2.32. The fourth-order valence-corrected chi connectivity index (χ4v) is 2.26. The third kappa shape index (κ3) is 1.25. The van der Waals surface area contributed by atoms with Crippen LogP contribution in [0.3, 0.4) is 0 Å². The Balaban J connectivity index is 2.20. The highest BCUT2D eigenvalue weighted by molar-refractivity contribution is 6.75. The number of nitrogens with zero attached hydrogens (tertiary/aromatic N) is 1. The molecular formula is C13H12BN. The molecule has 2 heterocycles. The van der Waals surface area contributed by atoms with Crippen LogP contribution in [-0.4, -0.2) is 6.85 Å². The third-order valence-corrected chi connectivity index (χ3v) is 2.99. The summed E-state index contributed by atoms with van der Waals surface area (Å²) in [7, 11) is 0. The molecule has 15 heavy (non-hydrogen) atoms. The highest BCUT2D eigenvalue weighted by Crippen LogP contribution is 2.32. The summed E-state index contributed by atoms with van der Waals surface area (Å²) >= 11 is 0. The Labute approximate surface area is 90.5 Å². The quantitative estimate of drug-likeness (QED) is 0.572. The van der Waals surface area contributed by atoms with Gasteiger partial charge in [-0.3, -0.25) is 0 Å². The lowest BCUT2D eigenvalue weighted by Gasteiger charge is -2.32. The largest absolute Gasteiger partial charge is 0.383 e. The van der Waals surface area contributed by atoms with Gasteiger partial charge in [0.15, 0.2) is 0 Å². The smallest absolute Gasteiger partial charge is 0.312 e. The summed E-state index contributed by atoms with van der Waals surface area (Å²) in [6.07, 6.45) is 8.56. The second-order valence-corrected chi connectivity index (χ2v) is 4.00. The highest BCUT2D eigenvalue weighted by atomic mass is 15.1. The van der Waals surface area contributed by atoms with Gasteiger partial charge in [-0.1, -0.05) is 42.3 Å². The van der Waals surface area contributed by atoms with E-state index in [0.717, 1.165) is 0 Å². The van der Waals surface area contributed by atoms with Gasteiger partial charge in [0.25, 0.3) is 0 Å². The van der Waals surface area contributed by atoms with Crippen LogP contribution in [0.25, 0.3) is 6.08 Å². The maximum Gasteiger partial charge on any atom is 0.312 e. The first-order valence-electron chi connectivity index (χ1n) is 5.27. The average Bonchev–Trinajstić information content (AvgIpc) is 2.29. The fraction of sp³-hybridized carbons (Fsp3) is 0.0769. The molecule has 0 saturated heterocycles. The Bertz CT molecular complexity index is 485. The first-order valence-corrected chi connectivity index (χ1v) is 5.27. The van der Waals surface area contributed by atoms with Gasteiger partial charge < -0.3 is 4.81 Å². The summed E-state index contributed by atoms with van der Waals surface area (Å²) in [5, 5.41) is 0. The van der Waals surface area contributed by atoms with Crippen molar-refractivity contribution in [3.05, 3.63) is 59.6 Å². The summed E-state index contributed by atoms with van der Waals surface area (Å²) in [6.45, 7) is 2.56. The summed E-state index contributed by atoms with van der Waals surface area (Å²) in [5.41, 5.74) is 3.98. The standard InChI is InChI=1S/C13H12BN/c1-11-5-4-6-12-7-9-14-8-2-3-10-15(14)13(11)12/h2-10H,1H3. The molecule has 0 radical (unpaired) electrons. The van der Waals surface area contributed by atoms with Crippen LogP contribution in [-0.2, 0) is 0 Å². The lowest BCUT2D eigenvalue weighted by Crippen LogP contribution is -2.36. The summed E-state index contributed by atoms with van der Waals surface area (Å²) in [5.74, 6) is 4.45. The number of hydrogen-bond donors (Lipinski definition) is 0. The van der Waals surface area contributed by atoms with Crippen molar-refractivity contribution in [3.8, 4) is 0 Å². The van der Waals surface area contributed by atoms with Crippen LogP contribution in [0.4, 0.5) is 5.69 Å². The molecule has 1 aromatic carbocycles. The maximum atomic E-state index is 2.32. The van der Waals surface area contributed by atoms with Crippen molar-refractivity contribution in [2.75, 3.05) is 4.81 Å². The normalized spacial score (nSPS) is 16.6. The van der Waals surface area contributed by atoms with Gasteiger partial charge in [-0.15, -0.1) is 0 Å². The monoisotopic (exact) mass is 193 g/mol. The molecule has 1 nitrogen and oxygen atoms in total. The minimum atomic E-state index is 0.392. The van der Waals surface area contributed by atoms with Crippen molar-refractivity contribution < 1.29 is 0 Å². The van der Waals surface area contributed by atoms with Crippen LogP contribution in [0.5, 0.6) is 0 Å². The van der Waals surface area contributed by atoms with E-state index >= 15 is 0 Å². The third-order valence-electron chi connectivity index (χ3n) is 2.99. The summed E-state index contributed by atoms with van der Waals surface area (Å²) in [6, 6.07) is 6.45. The van der Waals surface area contributed by atoms with Gasteiger partial charge in [-0.05, 0) is 30.3 Å². The van der Waals surface area contributed by atoms with Crippen molar-refractivity contribution in [1.82, 2.24) is 0 Å². The van der Waals surface area contributed by atoms with Crippen LogP contribution in [0, 0.1) is 6.92 Å². The first-order chi connectivity index (χ1) is 7.36. The number of benzene rings is 1. The van der Waals surface area contributed by atoms with E-state index in [1.807, 2.05) is 0 Å². The zero-order chi connectivity index (χ0) is 10.3. The number of anilines is 1. The van der Waals surface area contributed by atoms with Crippen molar-refractivity contribution in [2.45, 2.75) is 6.92 Å². The Morgan fingerprint density at radius 2 is 2.07 bits per heavy atom. The minimum Gasteiger partial charge on any atom is -0.383 e. The topological polar surface area (TPSA) is 3.24 Å². The number of hydrogen-bond acceptors (Lipinski definition) is 1. The average molecular weight is 193 g/mol. The second-order valence-electron chi connectivity index (χ2n) is 4.00. The SMILES string of the molecule is Cc1cccc2c1N1C=CC=CB1C=C2. The van der Waals surface area contributed by atoms with E-state index in [0.29, 0.717) is 6.85 Å². The molecule has 0 spiro atoms. The Kier molecular flexibility index (Phi) is 1.81. The molecule has 2 heteroatoms. The molecule has 2 aliphatic heterocycles. The first kappa shape index (κ1) is 8.60. The lowest BCUT2D eigenvalue weighted by molar-refractivity contribution is 1.30. The van der Waals surface area contributed by atoms with E-state index in [1.54, 1.807) is 0 Å². The predicted octanol–water partition coefficient (Wildman–Crippen LogP) is 2.98. The molecule has 0 unspecified atom stereocenters. The van der Waals surface area contributed by atoms with Crippen LogP contribution in [0.15, 0.2) is 48.5 Å². The Morgan fingerprint density at radius 3 is 3.00 bits per heavy atom. The van der Waals surface area contributed by atoms with E-state index in [4.69, 9.17) is 0 Å². The van der Waals surface area contributed by atoms with Gasteiger partial charge in [0.05, 0.1) is 0 Å². The van der Waals surface area contributed by atoms with Crippen LogP contribution in [0.1, 0.15) is 11.1 Å². The van der Waals surface area contributed by atoms with E-state index in [-0.39, 0.29) is 0 Å². The van der Waals surface area contributed by atoms with Crippen LogP contribution in [0.2, 0.25) is 0 Å². The van der Waals surface area contributed by atoms with Crippen LogP contribution < -0.4 is 4.81 Å². The van der Waals surface area contributed by atoms with E-state index < -0.39 is 0 Å². The molecule has 0 N–H and O–H groups in total. The molecule has 0 aliphatic carbocycles. The van der Waals surface area contributed by atoms with E-state index in [2.05, 4.69) is 66.3 Å². The Morgan fingerprint density at radius 1 is 1.13 bits per heavy atom. The van der Waals surface area contributed by atoms with Crippen molar-refractivity contribution >= 4 is 18.6 Å². The van der Waals surface area contributed by atoms with Crippen molar-refractivity contribution in [3.63, 3.8) is 0 Å². The van der Waals surface area contributed by atoms with E-state index in [9.17, 15) is 0 Å². The van der Waals surface area contributed by atoms with Gasteiger partial charge in [-0.25, -0.2) is 0 Å². The summed E-state index contributed by atoms with van der Waals surface area (Å²) < 4.78 is 0. The minimum absolute atomic E-state index is 0.392. The second kappa shape index (κ2) is 3.16. The zero-order valence-corrected chi connectivity index (χ0v) is 8.72. The van der Waals surface area contributed by atoms with Gasteiger partial charge in [0, 0.05) is 5.69 Å². The Hall–Kier alpha value is -1.70. The highest BCUT2D eigenvalue weighted by Gasteiger charge is 2.24. The zero-order valence-electron chi connectivity index (χ0n) is 8.72. The molecule has 0 saturated carbocycles. The number of para-hydroxylation sites is 1. The predicted molar refractivity (Wildman–Crippen MR) is 66.7 cm³/mol. The molecule has 1 aromatic rings.